The first-order chi connectivity index (χ1) is 13.7. The monoisotopic (exact) mass is 377 g/mol. The van der Waals surface area contributed by atoms with Crippen molar-refractivity contribution in [3.05, 3.63) is 60.2 Å². The number of amides is 2. The zero-order valence-corrected chi connectivity index (χ0v) is 15.6. The smallest absolute Gasteiger partial charge is 0.260 e. The molecule has 6 nitrogen and oxygen atoms in total. The highest BCUT2D eigenvalue weighted by atomic mass is 16.5. The van der Waals surface area contributed by atoms with E-state index in [1.54, 1.807) is 4.90 Å². The third-order valence-corrected chi connectivity index (χ3v) is 4.83. The molecule has 0 atom stereocenters. The molecule has 144 valence electrons. The minimum atomic E-state index is -0.113. The lowest BCUT2D eigenvalue weighted by molar-refractivity contribution is -0.136. The average molecular weight is 377 g/mol. The Hall–Kier alpha value is -3.33. The van der Waals surface area contributed by atoms with E-state index in [0.29, 0.717) is 38.1 Å². The van der Waals surface area contributed by atoms with Crippen molar-refractivity contribution >= 4 is 17.5 Å². The van der Waals surface area contributed by atoms with Gasteiger partial charge >= 0.3 is 0 Å². The molecule has 0 aliphatic carbocycles. The van der Waals surface area contributed by atoms with Crippen LogP contribution in [-0.2, 0) is 16.0 Å². The highest BCUT2D eigenvalue weighted by Gasteiger charge is 2.27. The van der Waals surface area contributed by atoms with Gasteiger partial charge in [0.25, 0.3) is 5.91 Å². The lowest BCUT2D eigenvalue weighted by Crippen LogP contribution is -2.43. The molecule has 0 saturated carbocycles. The molecule has 0 bridgehead atoms. The van der Waals surface area contributed by atoms with Crippen LogP contribution in [0.5, 0.6) is 5.75 Å². The molecule has 1 aliphatic rings. The van der Waals surface area contributed by atoms with Crippen LogP contribution in [0, 0.1) is 17.2 Å². The van der Waals surface area contributed by atoms with Crippen LogP contribution in [0.2, 0.25) is 0 Å². The number of likely N-dealkylation sites (tertiary alicyclic amines) is 1. The van der Waals surface area contributed by atoms with Gasteiger partial charge in [-0.2, -0.15) is 5.26 Å². The van der Waals surface area contributed by atoms with Crippen molar-refractivity contribution in [2.75, 3.05) is 25.0 Å². The fraction of sp³-hybridized carbons (Fsp3) is 0.318. The zero-order valence-electron chi connectivity index (χ0n) is 15.6. The van der Waals surface area contributed by atoms with Gasteiger partial charge in [0, 0.05) is 24.7 Å². The number of carbonyl (C=O) groups is 2. The first-order valence-corrected chi connectivity index (χ1v) is 9.38. The summed E-state index contributed by atoms with van der Waals surface area (Å²) < 4.78 is 5.51. The Morgan fingerprint density at radius 1 is 1.07 bits per heavy atom. The van der Waals surface area contributed by atoms with Crippen molar-refractivity contribution in [3.8, 4) is 11.8 Å². The molecule has 0 unspecified atom stereocenters. The van der Waals surface area contributed by atoms with Gasteiger partial charge < -0.3 is 15.0 Å². The molecule has 3 rings (SSSR count). The average Bonchev–Trinajstić information content (AvgIpc) is 2.74. The molecular weight excluding hydrogens is 354 g/mol. The number of para-hydroxylation sites is 1. The maximum absolute atomic E-state index is 12.5. The van der Waals surface area contributed by atoms with E-state index >= 15 is 0 Å². The van der Waals surface area contributed by atoms with Gasteiger partial charge in [-0.05, 0) is 42.7 Å². The Morgan fingerprint density at radius 3 is 2.39 bits per heavy atom. The third-order valence-electron chi connectivity index (χ3n) is 4.83. The number of piperidine rings is 1. The minimum absolute atomic E-state index is 0.00984. The lowest BCUT2D eigenvalue weighted by Gasteiger charge is -2.31. The normalized spacial score (nSPS) is 14.2. The summed E-state index contributed by atoms with van der Waals surface area (Å²) >= 11 is 0. The van der Waals surface area contributed by atoms with Crippen molar-refractivity contribution in [1.82, 2.24) is 4.90 Å². The molecule has 1 N–H and O–H groups in total. The van der Waals surface area contributed by atoms with E-state index in [2.05, 4.69) is 11.4 Å². The molecule has 2 aromatic carbocycles. The van der Waals surface area contributed by atoms with Crippen molar-refractivity contribution in [2.45, 2.75) is 19.3 Å². The van der Waals surface area contributed by atoms with Crippen LogP contribution < -0.4 is 10.1 Å². The molecule has 1 aliphatic heterocycles. The van der Waals surface area contributed by atoms with E-state index in [1.807, 2.05) is 54.6 Å². The molecule has 1 fully saturated rings. The van der Waals surface area contributed by atoms with Crippen LogP contribution in [0.1, 0.15) is 18.4 Å². The highest BCUT2D eigenvalue weighted by molar-refractivity contribution is 5.92. The van der Waals surface area contributed by atoms with Gasteiger partial charge in [-0.3, -0.25) is 9.59 Å². The molecule has 6 heteroatoms. The van der Waals surface area contributed by atoms with Crippen LogP contribution >= 0.6 is 0 Å². The zero-order chi connectivity index (χ0) is 19.8. The van der Waals surface area contributed by atoms with Crippen molar-refractivity contribution in [1.29, 1.82) is 5.26 Å². The summed E-state index contributed by atoms with van der Waals surface area (Å²) in [6, 6.07) is 18.6. The summed E-state index contributed by atoms with van der Waals surface area (Å²) in [6.07, 6.45) is 1.62. The molecule has 28 heavy (non-hydrogen) atoms. The predicted molar refractivity (Wildman–Crippen MR) is 106 cm³/mol. The van der Waals surface area contributed by atoms with E-state index in [4.69, 9.17) is 10.00 Å². The number of nitrogens with zero attached hydrogens (tertiary/aromatic N) is 2. The number of ether oxygens (including phenoxy) is 1. The molecule has 1 saturated heterocycles. The summed E-state index contributed by atoms with van der Waals surface area (Å²) in [5.41, 5.74) is 1.64. The molecule has 2 aromatic rings. The number of hydrogen-bond acceptors (Lipinski definition) is 4. The third kappa shape index (κ3) is 5.34. The van der Waals surface area contributed by atoms with Crippen LogP contribution in [-0.4, -0.2) is 36.4 Å². The Bertz CT molecular complexity index is 836. The van der Waals surface area contributed by atoms with E-state index in [9.17, 15) is 9.59 Å². The van der Waals surface area contributed by atoms with Crippen molar-refractivity contribution in [3.63, 3.8) is 0 Å². The molecule has 0 aromatic heterocycles. The number of anilines is 1. The van der Waals surface area contributed by atoms with Crippen LogP contribution in [0.25, 0.3) is 0 Å². The standard InChI is InChI=1S/C22H23N3O3/c23-13-10-17-6-8-19(9-7-17)24-22(27)18-11-14-25(15-12-18)21(26)16-28-20-4-2-1-3-5-20/h1-9,18H,10-12,14-16H2,(H,24,27). The van der Waals surface area contributed by atoms with Crippen LogP contribution in [0.3, 0.4) is 0 Å². The lowest BCUT2D eigenvalue weighted by atomic mass is 9.95. The van der Waals surface area contributed by atoms with Crippen molar-refractivity contribution < 1.29 is 14.3 Å². The summed E-state index contributed by atoms with van der Waals surface area (Å²) in [5.74, 6) is 0.472. The van der Waals surface area contributed by atoms with E-state index in [1.165, 1.54) is 0 Å². The Morgan fingerprint density at radius 2 is 1.75 bits per heavy atom. The molecular formula is C22H23N3O3. The second-order valence-electron chi connectivity index (χ2n) is 6.78. The number of hydrogen-bond donors (Lipinski definition) is 1. The number of nitriles is 1. The summed E-state index contributed by atoms with van der Waals surface area (Å²) in [5, 5.41) is 11.6. The van der Waals surface area contributed by atoms with E-state index < -0.39 is 0 Å². The van der Waals surface area contributed by atoms with E-state index in [-0.39, 0.29) is 24.3 Å². The Balaban J connectivity index is 1.43. The predicted octanol–water partition coefficient (Wildman–Crippen LogP) is 3.01. The maximum atomic E-state index is 12.5. The molecule has 2 amide bonds. The fourth-order valence-corrected chi connectivity index (χ4v) is 3.19. The summed E-state index contributed by atoms with van der Waals surface area (Å²) in [6.45, 7) is 1.11. The van der Waals surface area contributed by atoms with Gasteiger partial charge in [-0.1, -0.05) is 30.3 Å². The second-order valence-corrected chi connectivity index (χ2v) is 6.78. The quantitative estimate of drug-likeness (QED) is 0.839. The highest BCUT2D eigenvalue weighted by Crippen LogP contribution is 2.20. The number of benzene rings is 2. The Labute approximate surface area is 164 Å². The second kappa shape index (κ2) is 9.56. The minimum Gasteiger partial charge on any atom is -0.484 e. The first kappa shape index (κ1) is 19.4. The number of carbonyl (C=O) groups excluding carboxylic acids is 2. The van der Waals surface area contributed by atoms with E-state index in [0.717, 1.165) is 11.3 Å². The van der Waals surface area contributed by atoms with Crippen molar-refractivity contribution in [2.24, 2.45) is 5.92 Å². The van der Waals surface area contributed by atoms with Gasteiger partial charge in [0.2, 0.25) is 5.91 Å². The Kier molecular flexibility index (Phi) is 6.64. The SMILES string of the molecule is N#CCc1ccc(NC(=O)C2CCN(C(=O)COc3ccccc3)CC2)cc1. The summed E-state index contributed by atoms with van der Waals surface area (Å²) in [4.78, 5) is 26.5. The van der Waals surface area contributed by atoms with Gasteiger partial charge in [0.15, 0.2) is 6.61 Å². The molecule has 0 radical (unpaired) electrons. The maximum Gasteiger partial charge on any atom is 0.260 e. The van der Waals surface area contributed by atoms with Gasteiger partial charge in [0.05, 0.1) is 12.5 Å². The molecule has 0 spiro atoms. The first-order valence-electron chi connectivity index (χ1n) is 9.38. The topological polar surface area (TPSA) is 82.4 Å². The van der Waals surface area contributed by atoms with Gasteiger partial charge in [-0.15, -0.1) is 0 Å². The summed E-state index contributed by atoms with van der Waals surface area (Å²) in [7, 11) is 0. The largest absolute Gasteiger partial charge is 0.484 e. The fourth-order valence-electron chi connectivity index (χ4n) is 3.19. The number of nitrogens with one attached hydrogen (secondary N) is 1. The molecule has 1 heterocycles. The van der Waals surface area contributed by atoms with Crippen LogP contribution in [0.15, 0.2) is 54.6 Å². The van der Waals surface area contributed by atoms with Gasteiger partial charge in [-0.25, -0.2) is 0 Å². The number of rotatable bonds is 6. The van der Waals surface area contributed by atoms with Crippen LogP contribution in [0.4, 0.5) is 5.69 Å². The van der Waals surface area contributed by atoms with Gasteiger partial charge in [0.1, 0.15) is 5.75 Å².